The smallest absolute Gasteiger partial charge is 0.321 e. The second-order valence-electron chi connectivity index (χ2n) is 6.35. The molecule has 0 spiro atoms. The van der Waals surface area contributed by atoms with Crippen molar-refractivity contribution in [2.45, 2.75) is 38.6 Å². The Labute approximate surface area is 141 Å². The molecule has 1 saturated carbocycles. The van der Waals surface area contributed by atoms with Crippen LogP contribution in [0.3, 0.4) is 0 Å². The Bertz CT molecular complexity index is 535. The lowest BCUT2D eigenvalue weighted by atomic mass is 10.2. The number of rotatable bonds is 2. The number of aryl methyl sites for hydroxylation is 1. The van der Waals surface area contributed by atoms with Crippen molar-refractivity contribution < 1.29 is 4.79 Å². The van der Waals surface area contributed by atoms with Crippen molar-refractivity contribution in [1.29, 1.82) is 0 Å². The van der Waals surface area contributed by atoms with Gasteiger partial charge in [-0.05, 0) is 43.5 Å². The number of hydrogen-bond acceptors (Lipinski definition) is 2. The van der Waals surface area contributed by atoms with Gasteiger partial charge in [0.15, 0.2) is 0 Å². The average Bonchev–Trinajstić information content (AvgIpc) is 3.04. The number of amides is 2. The van der Waals surface area contributed by atoms with Gasteiger partial charge in [0.2, 0.25) is 0 Å². The predicted molar refractivity (Wildman–Crippen MR) is 93.3 cm³/mol. The monoisotopic (exact) mass is 365 g/mol. The number of anilines is 1. The van der Waals surface area contributed by atoms with Crippen molar-refractivity contribution in [2.24, 2.45) is 0 Å². The lowest BCUT2D eigenvalue weighted by Gasteiger charge is -2.38. The molecule has 0 radical (unpaired) electrons. The predicted octanol–water partition coefficient (Wildman–Crippen LogP) is 3.85. The number of halogens is 1. The number of urea groups is 1. The molecule has 3 rings (SSSR count). The molecule has 4 nitrogen and oxygen atoms in total. The Morgan fingerprint density at radius 3 is 2.50 bits per heavy atom. The van der Waals surface area contributed by atoms with Gasteiger partial charge in [-0.25, -0.2) is 4.79 Å². The molecule has 1 heterocycles. The number of nitrogens with zero attached hydrogens (tertiary/aromatic N) is 2. The Hall–Kier alpha value is -1.07. The van der Waals surface area contributed by atoms with Crippen LogP contribution in [0, 0.1) is 6.92 Å². The van der Waals surface area contributed by atoms with Crippen molar-refractivity contribution in [3.05, 3.63) is 28.2 Å². The molecule has 5 heteroatoms. The standard InChI is InChI=1S/C17H24BrN3O/c1-13-12-14(18)6-7-16(13)19-17(22)21-10-8-20(9-11-21)15-4-2-3-5-15/h6-7,12,15H,2-5,8-11H2,1H3,(H,19,22). The first-order valence-electron chi connectivity index (χ1n) is 8.19. The molecule has 2 amide bonds. The maximum atomic E-state index is 12.4. The van der Waals surface area contributed by atoms with E-state index in [9.17, 15) is 4.79 Å². The van der Waals surface area contributed by atoms with Crippen LogP contribution in [-0.4, -0.2) is 48.1 Å². The van der Waals surface area contributed by atoms with Crippen LogP contribution in [0.2, 0.25) is 0 Å². The molecule has 0 aromatic heterocycles. The molecule has 1 saturated heterocycles. The largest absolute Gasteiger partial charge is 0.322 e. The van der Waals surface area contributed by atoms with Gasteiger partial charge in [0.1, 0.15) is 0 Å². The third-order valence-electron chi connectivity index (χ3n) is 4.87. The molecule has 0 bridgehead atoms. The van der Waals surface area contributed by atoms with Crippen LogP contribution in [0.1, 0.15) is 31.2 Å². The van der Waals surface area contributed by atoms with Gasteiger partial charge in [0.05, 0.1) is 0 Å². The second kappa shape index (κ2) is 7.01. The van der Waals surface area contributed by atoms with E-state index in [2.05, 4.69) is 26.1 Å². The molecular formula is C17H24BrN3O. The first-order valence-corrected chi connectivity index (χ1v) is 8.99. The maximum absolute atomic E-state index is 12.4. The second-order valence-corrected chi connectivity index (χ2v) is 7.27. The Kier molecular flexibility index (Phi) is 5.03. The molecule has 120 valence electrons. The van der Waals surface area contributed by atoms with E-state index >= 15 is 0 Å². The first-order chi connectivity index (χ1) is 10.6. The molecule has 0 unspecified atom stereocenters. The van der Waals surface area contributed by atoms with Gasteiger partial charge in [0.25, 0.3) is 0 Å². The van der Waals surface area contributed by atoms with Crippen molar-refractivity contribution in [1.82, 2.24) is 9.80 Å². The summed E-state index contributed by atoms with van der Waals surface area (Å²) < 4.78 is 1.04. The summed E-state index contributed by atoms with van der Waals surface area (Å²) in [5.41, 5.74) is 1.97. The zero-order valence-corrected chi connectivity index (χ0v) is 14.7. The van der Waals surface area contributed by atoms with E-state index < -0.39 is 0 Å². The summed E-state index contributed by atoms with van der Waals surface area (Å²) in [5.74, 6) is 0. The maximum Gasteiger partial charge on any atom is 0.321 e. The summed E-state index contributed by atoms with van der Waals surface area (Å²) in [6, 6.07) is 6.72. The highest BCUT2D eigenvalue weighted by Gasteiger charge is 2.27. The molecule has 1 aliphatic heterocycles. The quantitative estimate of drug-likeness (QED) is 0.863. The minimum absolute atomic E-state index is 0.0245. The van der Waals surface area contributed by atoms with E-state index in [4.69, 9.17) is 0 Å². The highest BCUT2D eigenvalue weighted by molar-refractivity contribution is 9.10. The molecule has 2 fully saturated rings. The van der Waals surface area contributed by atoms with Crippen LogP contribution in [-0.2, 0) is 0 Å². The van der Waals surface area contributed by atoms with Crippen LogP contribution in [0.4, 0.5) is 10.5 Å². The van der Waals surface area contributed by atoms with Crippen LogP contribution in [0.15, 0.2) is 22.7 Å². The summed E-state index contributed by atoms with van der Waals surface area (Å²) in [6.45, 7) is 5.70. The highest BCUT2D eigenvalue weighted by Crippen LogP contribution is 2.25. The number of hydrogen-bond donors (Lipinski definition) is 1. The van der Waals surface area contributed by atoms with Crippen LogP contribution in [0.25, 0.3) is 0 Å². The lowest BCUT2D eigenvalue weighted by molar-refractivity contribution is 0.115. The third kappa shape index (κ3) is 3.63. The number of piperazine rings is 1. The molecule has 0 atom stereocenters. The Morgan fingerprint density at radius 1 is 1.18 bits per heavy atom. The summed E-state index contributed by atoms with van der Waals surface area (Å²) in [6.07, 6.45) is 5.41. The van der Waals surface area contributed by atoms with E-state index in [1.165, 1.54) is 25.7 Å². The number of benzene rings is 1. The summed E-state index contributed by atoms with van der Waals surface area (Å²) in [7, 11) is 0. The van der Waals surface area contributed by atoms with E-state index in [0.717, 1.165) is 47.9 Å². The fraction of sp³-hybridized carbons (Fsp3) is 0.588. The van der Waals surface area contributed by atoms with Crippen molar-refractivity contribution in [3.63, 3.8) is 0 Å². The minimum Gasteiger partial charge on any atom is -0.322 e. The van der Waals surface area contributed by atoms with Crippen molar-refractivity contribution in [3.8, 4) is 0 Å². The zero-order valence-electron chi connectivity index (χ0n) is 13.1. The molecule has 22 heavy (non-hydrogen) atoms. The van der Waals surface area contributed by atoms with Crippen LogP contribution >= 0.6 is 15.9 Å². The molecule has 2 aliphatic rings. The summed E-state index contributed by atoms with van der Waals surface area (Å²) in [5, 5.41) is 3.04. The van der Waals surface area contributed by atoms with Gasteiger partial charge >= 0.3 is 6.03 Å². The lowest BCUT2D eigenvalue weighted by Crippen LogP contribution is -2.52. The van der Waals surface area contributed by atoms with E-state index in [0.29, 0.717) is 0 Å². The van der Waals surface area contributed by atoms with E-state index in [1.54, 1.807) is 0 Å². The zero-order chi connectivity index (χ0) is 15.5. The van der Waals surface area contributed by atoms with E-state index in [-0.39, 0.29) is 6.03 Å². The van der Waals surface area contributed by atoms with Gasteiger partial charge in [0, 0.05) is 42.4 Å². The summed E-state index contributed by atoms with van der Waals surface area (Å²) >= 11 is 3.45. The highest BCUT2D eigenvalue weighted by atomic mass is 79.9. The molecule has 1 aromatic carbocycles. The number of carbonyl (C=O) groups excluding carboxylic acids is 1. The molecule has 1 aliphatic carbocycles. The Balaban J connectivity index is 1.53. The van der Waals surface area contributed by atoms with Crippen molar-refractivity contribution >= 4 is 27.6 Å². The van der Waals surface area contributed by atoms with Gasteiger partial charge in [-0.3, -0.25) is 4.90 Å². The summed E-state index contributed by atoms with van der Waals surface area (Å²) in [4.78, 5) is 16.9. The molecule has 1 N–H and O–H groups in total. The van der Waals surface area contributed by atoms with E-state index in [1.807, 2.05) is 30.0 Å². The fourth-order valence-corrected chi connectivity index (χ4v) is 4.00. The topological polar surface area (TPSA) is 35.6 Å². The Morgan fingerprint density at radius 2 is 1.86 bits per heavy atom. The number of nitrogens with one attached hydrogen (secondary N) is 1. The first kappa shape index (κ1) is 15.8. The van der Waals surface area contributed by atoms with Gasteiger partial charge in [-0.2, -0.15) is 0 Å². The normalized spacial score (nSPS) is 20.4. The van der Waals surface area contributed by atoms with Crippen molar-refractivity contribution in [2.75, 3.05) is 31.5 Å². The third-order valence-corrected chi connectivity index (χ3v) is 5.37. The number of carbonyl (C=O) groups is 1. The minimum atomic E-state index is 0.0245. The van der Waals surface area contributed by atoms with Crippen LogP contribution in [0.5, 0.6) is 0 Å². The van der Waals surface area contributed by atoms with Gasteiger partial charge in [-0.15, -0.1) is 0 Å². The fourth-order valence-electron chi connectivity index (χ4n) is 3.52. The molecular weight excluding hydrogens is 342 g/mol. The van der Waals surface area contributed by atoms with Gasteiger partial charge in [-0.1, -0.05) is 28.8 Å². The van der Waals surface area contributed by atoms with Gasteiger partial charge < -0.3 is 10.2 Å². The molecule has 1 aromatic rings. The van der Waals surface area contributed by atoms with Crippen LogP contribution < -0.4 is 5.32 Å². The SMILES string of the molecule is Cc1cc(Br)ccc1NC(=O)N1CCN(C2CCCC2)CC1. The average molecular weight is 366 g/mol.